The molecule has 0 atom stereocenters. The third kappa shape index (κ3) is 2.52. The summed E-state index contributed by atoms with van der Waals surface area (Å²) in [4.78, 5) is 0. The van der Waals surface area contributed by atoms with Gasteiger partial charge in [-0.2, -0.15) is 5.26 Å². The average molecular weight is 337 g/mol. The zero-order chi connectivity index (χ0) is 11.5. The van der Waals surface area contributed by atoms with Crippen LogP contribution >= 0.6 is 31.9 Å². The molecule has 0 saturated carbocycles. The third-order valence-corrected chi connectivity index (χ3v) is 3.10. The van der Waals surface area contributed by atoms with Crippen LogP contribution in [-0.4, -0.2) is 0 Å². The summed E-state index contributed by atoms with van der Waals surface area (Å²) in [6.45, 7) is 0. The van der Waals surface area contributed by atoms with Crippen molar-refractivity contribution in [3.05, 3.63) is 57.0 Å². The maximum absolute atomic E-state index is 8.85. The Morgan fingerprint density at radius 3 is 2.19 bits per heavy atom. The highest BCUT2D eigenvalue weighted by Gasteiger charge is 2.01. The normalized spacial score (nSPS) is 9.81. The topological polar surface area (TPSA) is 23.8 Å². The van der Waals surface area contributed by atoms with Crippen LogP contribution in [0.1, 0.15) is 5.56 Å². The Balaban J connectivity index is 2.54. The molecule has 0 spiro atoms. The number of rotatable bonds is 1. The SMILES string of the molecule is N#Cc1cccc(-c2cc(Br)cc(Br)c2)c1. The van der Waals surface area contributed by atoms with Crippen molar-refractivity contribution in [3.63, 3.8) is 0 Å². The van der Waals surface area contributed by atoms with Gasteiger partial charge in [-0.15, -0.1) is 0 Å². The molecule has 0 aliphatic heterocycles. The van der Waals surface area contributed by atoms with Gasteiger partial charge in [-0.05, 0) is 41.5 Å². The first-order valence-electron chi connectivity index (χ1n) is 4.65. The van der Waals surface area contributed by atoms with Crippen molar-refractivity contribution in [2.24, 2.45) is 0 Å². The Kier molecular flexibility index (Phi) is 3.42. The molecule has 0 aliphatic carbocycles. The average Bonchev–Trinajstić information content (AvgIpc) is 2.28. The first kappa shape index (κ1) is 11.4. The van der Waals surface area contributed by atoms with E-state index in [0.717, 1.165) is 20.1 Å². The van der Waals surface area contributed by atoms with E-state index in [0.29, 0.717) is 5.56 Å². The fraction of sp³-hybridized carbons (Fsp3) is 0. The molecule has 0 fully saturated rings. The van der Waals surface area contributed by atoms with E-state index in [2.05, 4.69) is 37.9 Å². The van der Waals surface area contributed by atoms with E-state index in [1.54, 1.807) is 6.07 Å². The van der Waals surface area contributed by atoms with E-state index >= 15 is 0 Å². The second kappa shape index (κ2) is 4.82. The van der Waals surface area contributed by atoms with Crippen molar-refractivity contribution in [3.8, 4) is 17.2 Å². The van der Waals surface area contributed by atoms with Crippen LogP contribution < -0.4 is 0 Å². The molecular formula is C13H7Br2N. The predicted octanol–water partition coefficient (Wildman–Crippen LogP) is 4.75. The van der Waals surface area contributed by atoms with Crippen molar-refractivity contribution in [2.45, 2.75) is 0 Å². The lowest BCUT2D eigenvalue weighted by Gasteiger charge is -2.04. The summed E-state index contributed by atoms with van der Waals surface area (Å²) in [5.41, 5.74) is 2.80. The van der Waals surface area contributed by atoms with Crippen LogP contribution in [0.25, 0.3) is 11.1 Å². The summed E-state index contributed by atoms with van der Waals surface area (Å²) in [6.07, 6.45) is 0. The molecule has 0 N–H and O–H groups in total. The lowest BCUT2D eigenvalue weighted by Crippen LogP contribution is -1.80. The molecule has 3 heteroatoms. The lowest BCUT2D eigenvalue weighted by molar-refractivity contribution is 1.48. The van der Waals surface area contributed by atoms with Gasteiger partial charge in [0.15, 0.2) is 0 Å². The first-order chi connectivity index (χ1) is 7.69. The van der Waals surface area contributed by atoms with Gasteiger partial charge in [0.05, 0.1) is 11.6 Å². The molecular weight excluding hydrogens is 330 g/mol. The maximum Gasteiger partial charge on any atom is 0.0991 e. The van der Waals surface area contributed by atoms with Crippen LogP contribution in [0.15, 0.2) is 51.4 Å². The highest BCUT2D eigenvalue weighted by atomic mass is 79.9. The lowest BCUT2D eigenvalue weighted by atomic mass is 10.0. The molecule has 0 aliphatic rings. The summed E-state index contributed by atoms with van der Waals surface area (Å²) in [5.74, 6) is 0. The Bertz CT molecular complexity index is 550. The van der Waals surface area contributed by atoms with Crippen LogP contribution in [0, 0.1) is 11.3 Å². The van der Waals surface area contributed by atoms with Crippen LogP contribution in [0.2, 0.25) is 0 Å². The Hall–Kier alpha value is -1.11. The Morgan fingerprint density at radius 2 is 1.56 bits per heavy atom. The molecule has 0 bridgehead atoms. The van der Waals surface area contributed by atoms with Crippen molar-refractivity contribution < 1.29 is 0 Å². The van der Waals surface area contributed by atoms with Gasteiger partial charge in [0.1, 0.15) is 0 Å². The van der Waals surface area contributed by atoms with E-state index in [1.807, 2.05) is 36.4 Å². The van der Waals surface area contributed by atoms with Gasteiger partial charge in [-0.3, -0.25) is 0 Å². The van der Waals surface area contributed by atoms with Gasteiger partial charge in [-0.1, -0.05) is 44.0 Å². The molecule has 0 saturated heterocycles. The molecule has 1 nitrogen and oxygen atoms in total. The van der Waals surface area contributed by atoms with Gasteiger partial charge in [0.2, 0.25) is 0 Å². The number of hydrogen-bond donors (Lipinski definition) is 0. The second-order valence-corrected chi connectivity index (χ2v) is 5.18. The summed E-state index contributed by atoms with van der Waals surface area (Å²) in [6, 6.07) is 15.8. The van der Waals surface area contributed by atoms with E-state index in [4.69, 9.17) is 5.26 Å². The van der Waals surface area contributed by atoms with Gasteiger partial charge >= 0.3 is 0 Å². The van der Waals surface area contributed by atoms with Crippen molar-refractivity contribution in [1.82, 2.24) is 0 Å². The number of halogens is 2. The number of nitriles is 1. The minimum Gasteiger partial charge on any atom is -0.192 e. The van der Waals surface area contributed by atoms with E-state index in [9.17, 15) is 0 Å². The van der Waals surface area contributed by atoms with E-state index in [-0.39, 0.29) is 0 Å². The van der Waals surface area contributed by atoms with Gasteiger partial charge in [0, 0.05) is 8.95 Å². The fourth-order valence-electron chi connectivity index (χ4n) is 1.49. The maximum atomic E-state index is 8.85. The summed E-state index contributed by atoms with van der Waals surface area (Å²) in [7, 11) is 0. The molecule has 2 aromatic carbocycles. The zero-order valence-electron chi connectivity index (χ0n) is 8.24. The van der Waals surface area contributed by atoms with Crippen LogP contribution in [0.3, 0.4) is 0 Å². The molecule has 0 unspecified atom stereocenters. The number of nitrogens with zero attached hydrogens (tertiary/aromatic N) is 1. The molecule has 0 amide bonds. The smallest absolute Gasteiger partial charge is 0.0991 e. The molecule has 2 aromatic rings. The van der Waals surface area contributed by atoms with Crippen molar-refractivity contribution >= 4 is 31.9 Å². The van der Waals surface area contributed by atoms with E-state index in [1.165, 1.54) is 0 Å². The zero-order valence-corrected chi connectivity index (χ0v) is 11.4. The molecule has 0 aromatic heterocycles. The first-order valence-corrected chi connectivity index (χ1v) is 6.24. The molecule has 78 valence electrons. The van der Waals surface area contributed by atoms with Crippen LogP contribution in [0.4, 0.5) is 0 Å². The predicted molar refractivity (Wildman–Crippen MR) is 72.0 cm³/mol. The quantitative estimate of drug-likeness (QED) is 0.737. The van der Waals surface area contributed by atoms with Crippen LogP contribution in [-0.2, 0) is 0 Å². The summed E-state index contributed by atoms with van der Waals surface area (Å²) < 4.78 is 2.03. The summed E-state index contributed by atoms with van der Waals surface area (Å²) >= 11 is 6.90. The van der Waals surface area contributed by atoms with Crippen molar-refractivity contribution in [1.29, 1.82) is 5.26 Å². The third-order valence-electron chi connectivity index (χ3n) is 2.19. The standard InChI is InChI=1S/C13H7Br2N/c14-12-5-11(6-13(15)7-12)10-3-1-2-9(4-10)8-16/h1-7H. The monoisotopic (exact) mass is 335 g/mol. The minimum absolute atomic E-state index is 0.675. The van der Waals surface area contributed by atoms with Crippen LogP contribution in [0.5, 0.6) is 0 Å². The Labute approximate surface area is 111 Å². The summed E-state index contributed by atoms with van der Waals surface area (Å²) in [5, 5.41) is 8.85. The van der Waals surface area contributed by atoms with Gasteiger partial charge in [0.25, 0.3) is 0 Å². The van der Waals surface area contributed by atoms with Gasteiger partial charge in [-0.25, -0.2) is 0 Å². The Morgan fingerprint density at radius 1 is 0.875 bits per heavy atom. The fourth-order valence-corrected chi connectivity index (χ4v) is 2.78. The highest BCUT2D eigenvalue weighted by molar-refractivity contribution is 9.11. The van der Waals surface area contributed by atoms with E-state index < -0.39 is 0 Å². The molecule has 2 rings (SSSR count). The second-order valence-electron chi connectivity index (χ2n) is 3.35. The van der Waals surface area contributed by atoms with Gasteiger partial charge < -0.3 is 0 Å². The molecule has 0 radical (unpaired) electrons. The number of hydrogen-bond acceptors (Lipinski definition) is 1. The molecule has 16 heavy (non-hydrogen) atoms. The van der Waals surface area contributed by atoms with Crippen molar-refractivity contribution in [2.75, 3.05) is 0 Å². The minimum atomic E-state index is 0.675. The number of benzene rings is 2. The molecule has 0 heterocycles. The highest BCUT2D eigenvalue weighted by Crippen LogP contribution is 2.28. The largest absolute Gasteiger partial charge is 0.192 e.